The minimum absolute atomic E-state index is 0.0746. The van der Waals surface area contributed by atoms with Crippen LogP contribution < -0.4 is 0 Å². The molecule has 0 amide bonds. The van der Waals surface area contributed by atoms with Crippen LogP contribution in [0.5, 0.6) is 0 Å². The van der Waals surface area contributed by atoms with Crippen LogP contribution in [0.1, 0.15) is 52.9 Å². The largest absolute Gasteiger partial charge is 0.389 e. The van der Waals surface area contributed by atoms with Crippen LogP contribution in [0.15, 0.2) is 0 Å². The van der Waals surface area contributed by atoms with E-state index in [1.807, 2.05) is 0 Å². The first-order valence-corrected chi connectivity index (χ1v) is 5.90. The molecule has 2 heteroatoms. The molecule has 1 nitrogen and oxygen atoms in total. The molecule has 0 radical (unpaired) electrons. The van der Waals surface area contributed by atoms with E-state index >= 15 is 0 Å². The lowest BCUT2D eigenvalue weighted by Crippen LogP contribution is -2.25. The SMILES string of the molecule is CCCCCCC#CC(F)C(O)C(C)C. The summed E-state index contributed by atoms with van der Waals surface area (Å²) in [4.78, 5) is 0. The number of unbranched alkanes of at least 4 members (excludes halogenated alkanes) is 4. The second-order valence-corrected chi connectivity index (χ2v) is 4.27. The number of halogens is 1. The monoisotopic (exact) mass is 214 g/mol. The van der Waals surface area contributed by atoms with E-state index in [4.69, 9.17) is 0 Å². The lowest BCUT2D eigenvalue weighted by Gasteiger charge is -2.14. The van der Waals surface area contributed by atoms with E-state index in [0.717, 1.165) is 19.3 Å². The van der Waals surface area contributed by atoms with Crippen molar-refractivity contribution in [2.45, 2.75) is 65.2 Å². The predicted molar refractivity (Wildman–Crippen MR) is 62.3 cm³/mol. The van der Waals surface area contributed by atoms with Crippen molar-refractivity contribution in [3.05, 3.63) is 0 Å². The molecule has 88 valence electrons. The van der Waals surface area contributed by atoms with Gasteiger partial charge >= 0.3 is 0 Å². The Morgan fingerprint density at radius 3 is 2.40 bits per heavy atom. The first kappa shape index (κ1) is 14.5. The molecule has 0 rings (SSSR count). The van der Waals surface area contributed by atoms with Crippen LogP contribution in [-0.2, 0) is 0 Å². The number of aliphatic hydroxyl groups excluding tert-OH is 1. The highest BCUT2D eigenvalue weighted by Gasteiger charge is 2.18. The van der Waals surface area contributed by atoms with Gasteiger partial charge in [-0.1, -0.05) is 46.0 Å². The second-order valence-electron chi connectivity index (χ2n) is 4.27. The zero-order valence-corrected chi connectivity index (χ0v) is 10.1. The van der Waals surface area contributed by atoms with Gasteiger partial charge in [-0.05, 0) is 12.3 Å². The Balaban J connectivity index is 3.66. The maximum absolute atomic E-state index is 13.2. The van der Waals surface area contributed by atoms with E-state index in [1.165, 1.54) is 12.8 Å². The standard InChI is InChI=1S/C13H23FO/c1-4-5-6-7-8-9-10-12(14)13(15)11(2)3/h11-13,15H,4-8H2,1-3H3. The molecule has 0 aliphatic heterocycles. The molecular formula is C13H23FO. The molecule has 2 unspecified atom stereocenters. The van der Waals surface area contributed by atoms with Crippen molar-refractivity contribution >= 4 is 0 Å². The molecule has 0 aromatic heterocycles. The Morgan fingerprint density at radius 2 is 1.87 bits per heavy atom. The highest BCUT2D eigenvalue weighted by Crippen LogP contribution is 2.09. The van der Waals surface area contributed by atoms with Crippen LogP contribution in [0.25, 0.3) is 0 Å². The molecule has 0 aliphatic carbocycles. The van der Waals surface area contributed by atoms with Gasteiger partial charge in [-0.15, -0.1) is 5.92 Å². The first-order valence-electron chi connectivity index (χ1n) is 5.90. The average Bonchev–Trinajstić information content (AvgIpc) is 2.21. The molecule has 0 aromatic rings. The van der Waals surface area contributed by atoms with Gasteiger partial charge in [0.25, 0.3) is 0 Å². The molecule has 0 aromatic carbocycles. The van der Waals surface area contributed by atoms with Crippen LogP contribution in [0, 0.1) is 17.8 Å². The van der Waals surface area contributed by atoms with Gasteiger partial charge in [-0.2, -0.15) is 0 Å². The molecule has 0 heterocycles. The van der Waals surface area contributed by atoms with Gasteiger partial charge in [0.2, 0.25) is 0 Å². The van der Waals surface area contributed by atoms with Crippen molar-refractivity contribution in [3.63, 3.8) is 0 Å². The average molecular weight is 214 g/mol. The molecular weight excluding hydrogens is 191 g/mol. The fourth-order valence-electron chi connectivity index (χ4n) is 1.23. The zero-order valence-electron chi connectivity index (χ0n) is 10.1. The van der Waals surface area contributed by atoms with E-state index in [1.54, 1.807) is 13.8 Å². The topological polar surface area (TPSA) is 20.2 Å². The van der Waals surface area contributed by atoms with E-state index in [-0.39, 0.29) is 5.92 Å². The quantitative estimate of drug-likeness (QED) is 0.531. The third-order valence-electron chi connectivity index (χ3n) is 2.38. The summed E-state index contributed by atoms with van der Waals surface area (Å²) < 4.78 is 13.2. The van der Waals surface area contributed by atoms with Crippen LogP contribution in [0.4, 0.5) is 4.39 Å². The van der Waals surface area contributed by atoms with Crippen molar-refractivity contribution in [1.29, 1.82) is 0 Å². The molecule has 0 bridgehead atoms. The highest BCUT2D eigenvalue weighted by atomic mass is 19.1. The van der Waals surface area contributed by atoms with E-state index < -0.39 is 12.3 Å². The van der Waals surface area contributed by atoms with Crippen molar-refractivity contribution in [1.82, 2.24) is 0 Å². The fraction of sp³-hybridized carbons (Fsp3) is 0.846. The number of aliphatic hydroxyl groups is 1. The summed E-state index contributed by atoms with van der Waals surface area (Å²) in [6.45, 7) is 5.74. The Bertz CT molecular complexity index is 202. The number of hydrogen-bond acceptors (Lipinski definition) is 1. The van der Waals surface area contributed by atoms with Crippen molar-refractivity contribution in [3.8, 4) is 11.8 Å². The third-order valence-corrected chi connectivity index (χ3v) is 2.38. The van der Waals surface area contributed by atoms with Crippen molar-refractivity contribution < 1.29 is 9.50 Å². The van der Waals surface area contributed by atoms with Crippen LogP contribution in [-0.4, -0.2) is 17.4 Å². The molecule has 0 fully saturated rings. The summed E-state index contributed by atoms with van der Waals surface area (Å²) in [7, 11) is 0. The number of rotatable bonds is 6. The third kappa shape index (κ3) is 7.39. The molecule has 15 heavy (non-hydrogen) atoms. The summed E-state index contributed by atoms with van der Waals surface area (Å²) in [5.41, 5.74) is 0. The molecule has 2 atom stereocenters. The Morgan fingerprint density at radius 1 is 1.20 bits per heavy atom. The van der Waals surface area contributed by atoms with Crippen molar-refractivity contribution in [2.24, 2.45) is 5.92 Å². The van der Waals surface area contributed by atoms with E-state index in [2.05, 4.69) is 18.8 Å². The Kier molecular flexibility index (Phi) is 8.41. The second kappa shape index (κ2) is 8.73. The summed E-state index contributed by atoms with van der Waals surface area (Å²) >= 11 is 0. The van der Waals surface area contributed by atoms with Gasteiger partial charge in [-0.25, -0.2) is 4.39 Å². The summed E-state index contributed by atoms with van der Waals surface area (Å²) in [5.74, 6) is 5.19. The minimum atomic E-state index is -1.39. The van der Waals surface area contributed by atoms with E-state index in [0.29, 0.717) is 0 Å². The van der Waals surface area contributed by atoms with Crippen LogP contribution >= 0.6 is 0 Å². The lowest BCUT2D eigenvalue weighted by molar-refractivity contribution is 0.0673. The number of alkyl halides is 1. The molecule has 0 saturated heterocycles. The Labute approximate surface area is 93.1 Å². The minimum Gasteiger partial charge on any atom is -0.389 e. The van der Waals surface area contributed by atoms with Gasteiger partial charge in [0.1, 0.15) is 0 Å². The predicted octanol–water partition coefficient (Wildman–Crippen LogP) is 3.32. The zero-order chi connectivity index (χ0) is 11.7. The smallest absolute Gasteiger partial charge is 0.186 e. The lowest BCUT2D eigenvalue weighted by atomic mass is 10.0. The highest BCUT2D eigenvalue weighted by molar-refractivity contribution is 5.07. The first-order chi connectivity index (χ1) is 7.09. The van der Waals surface area contributed by atoms with Gasteiger partial charge in [0.15, 0.2) is 6.17 Å². The van der Waals surface area contributed by atoms with Crippen LogP contribution in [0.2, 0.25) is 0 Å². The fourth-order valence-corrected chi connectivity index (χ4v) is 1.23. The maximum Gasteiger partial charge on any atom is 0.186 e. The maximum atomic E-state index is 13.2. The van der Waals surface area contributed by atoms with Crippen molar-refractivity contribution in [2.75, 3.05) is 0 Å². The summed E-state index contributed by atoms with van der Waals surface area (Å²) in [6.07, 6.45) is 3.01. The molecule has 0 aliphatic rings. The molecule has 0 saturated carbocycles. The normalized spacial score (nSPS) is 14.5. The summed E-state index contributed by atoms with van der Waals surface area (Å²) in [5, 5.41) is 9.36. The molecule has 0 spiro atoms. The number of hydrogen-bond donors (Lipinski definition) is 1. The Hall–Kier alpha value is -0.550. The molecule has 1 N–H and O–H groups in total. The van der Waals surface area contributed by atoms with Crippen LogP contribution in [0.3, 0.4) is 0 Å². The summed E-state index contributed by atoms with van der Waals surface area (Å²) in [6, 6.07) is 0. The van der Waals surface area contributed by atoms with Gasteiger partial charge in [-0.3, -0.25) is 0 Å². The van der Waals surface area contributed by atoms with Gasteiger partial charge in [0, 0.05) is 6.42 Å². The van der Waals surface area contributed by atoms with Gasteiger partial charge in [0.05, 0.1) is 6.10 Å². The van der Waals surface area contributed by atoms with Gasteiger partial charge < -0.3 is 5.11 Å². The van der Waals surface area contributed by atoms with E-state index in [9.17, 15) is 9.50 Å².